The molecule has 10 heteroatoms. The lowest BCUT2D eigenvalue weighted by Crippen LogP contribution is -2.03. The summed E-state index contributed by atoms with van der Waals surface area (Å²) in [5.74, 6) is -0.745. The summed E-state index contributed by atoms with van der Waals surface area (Å²) < 4.78 is 30.7. The first-order chi connectivity index (χ1) is 10.8. The van der Waals surface area contributed by atoms with E-state index < -0.39 is 18.7 Å². The van der Waals surface area contributed by atoms with E-state index in [0.29, 0.717) is 5.56 Å². The normalized spacial score (nSPS) is 11.9. The summed E-state index contributed by atoms with van der Waals surface area (Å²) in [4.78, 5) is 21.6. The molecule has 0 saturated carbocycles. The van der Waals surface area contributed by atoms with Crippen LogP contribution in [0.15, 0.2) is 36.1 Å². The van der Waals surface area contributed by atoms with Gasteiger partial charge in [-0.15, -0.1) is 0 Å². The van der Waals surface area contributed by atoms with Gasteiger partial charge < -0.3 is 9.26 Å². The third kappa shape index (κ3) is 6.19. The molecule has 0 atom stereocenters. The van der Waals surface area contributed by atoms with Gasteiger partial charge >= 0.3 is 13.8 Å². The van der Waals surface area contributed by atoms with Crippen molar-refractivity contribution in [3.05, 3.63) is 51.8 Å². The number of phosphoric acid groups is 1. The summed E-state index contributed by atoms with van der Waals surface area (Å²) >= 11 is 0. The first-order valence-electron chi connectivity index (χ1n) is 6.29. The van der Waals surface area contributed by atoms with Crippen LogP contribution in [0.5, 0.6) is 0 Å². The Bertz CT molecular complexity index is 632. The van der Waals surface area contributed by atoms with Crippen molar-refractivity contribution in [2.75, 3.05) is 14.2 Å². The highest BCUT2D eigenvalue weighted by molar-refractivity contribution is 7.48. The van der Waals surface area contributed by atoms with Crippen LogP contribution in [0.25, 0.3) is 0 Å². The lowest BCUT2D eigenvalue weighted by molar-refractivity contribution is -0.384. The smallest absolute Gasteiger partial charge is 0.458 e. The zero-order chi connectivity index (χ0) is 17.5. The fraction of sp³-hybridized carbons (Fsp3) is 0.308. The van der Waals surface area contributed by atoms with E-state index in [1.54, 1.807) is 0 Å². The molecule has 0 aliphatic rings. The van der Waals surface area contributed by atoms with Crippen LogP contribution < -0.4 is 0 Å². The number of esters is 1. The molecule has 0 spiro atoms. The fourth-order valence-corrected chi connectivity index (χ4v) is 2.13. The fourth-order valence-electron chi connectivity index (χ4n) is 1.43. The largest absolute Gasteiger partial charge is 0.529 e. The van der Waals surface area contributed by atoms with Crippen LogP contribution in [0, 0.1) is 10.1 Å². The van der Waals surface area contributed by atoms with E-state index in [9.17, 15) is 19.5 Å². The van der Waals surface area contributed by atoms with Crippen molar-refractivity contribution in [1.82, 2.24) is 0 Å². The van der Waals surface area contributed by atoms with Crippen LogP contribution in [0.4, 0.5) is 5.69 Å². The number of non-ortho nitro benzene ring substituents is 1. The third-order valence-electron chi connectivity index (χ3n) is 2.55. The quantitative estimate of drug-likeness (QED) is 0.176. The second-order valence-corrected chi connectivity index (χ2v) is 6.00. The van der Waals surface area contributed by atoms with E-state index in [2.05, 4.69) is 9.05 Å². The Balaban J connectivity index is 2.57. The van der Waals surface area contributed by atoms with Crippen LogP contribution >= 0.6 is 7.82 Å². The minimum absolute atomic E-state index is 0.00858. The molecule has 0 unspecified atom stereocenters. The van der Waals surface area contributed by atoms with Crippen molar-refractivity contribution in [1.29, 1.82) is 0 Å². The molecule has 0 saturated heterocycles. The number of nitro benzene ring substituents is 1. The van der Waals surface area contributed by atoms with Crippen LogP contribution in [0.2, 0.25) is 0 Å². The first kappa shape index (κ1) is 18.8. The average Bonchev–Trinajstić information content (AvgIpc) is 2.53. The van der Waals surface area contributed by atoms with Crippen LogP contribution in [0.3, 0.4) is 0 Å². The second kappa shape index (κ2) is 8.42. The lowest BCUT2D eigenvalue weighted by atomic mass is 10.2. The molecule has 0 N–H and O–H groups in total. The number of hydrogen-bond acceptors (Lipinski definition) is 8. The van der Waals surface area contributed by atoms with Gasteiger partial charge in [-0.3, -0.25) is 19.2 Å². The Morgan fingerprint density at radius 2 is 1.83 bits per heavy atom. The summed E-state index contributed by atoms with van der Waals surface area (Å²) in [7, 11) is -1.44. The summed E-state index contributed by atoms with van der Waals surface area (Å²) in [6.07, 6.45) is 0.982. The summed E-state index contributed by atoms with van der Waals surface area (Å²) in [6, 6.07) is 5.56. The number of phosphoric ester groups is 1. The number of nitrogens with zero attached hydrogens (tertiary/aromatic N) is 1. The van der Waals surface area contributed by atoms with E-state index in [1.165, 1.54) is 31.2 Å². The Morgan fingerprint density at radius 1 is 1.26 bits per heavy atom. The van der Waals surface area contributed by atoms with E-state index in [4.69, 9.17) is 9.26 Å². The van der Waals surface area contributed by atoms with Crippen molar-refractivity contribution in [3.8, 4) is 0 Å². The molecule has 0 bridgehead atoms. The number of benzene rings is 1. The van der Waals surface area contributed by atoms with Crippen LogP contribution in [-0.4, -0.2) is 25.1 Å². The van der Waals surface area contributed by atoms with Crippen molar-refractivity contribution in [3.63, 3.8) is 0 Å². The third-order valence-corrected chi connectivity index (χ3v) is 3.96. The van der Waals surface area contributed by atoms with E-state index >= 15 is 0 Å². The molecule has 0 amide bonds. The highest BCUT2D eigenvalue weighted by atomic mass is 31.2. The number of rotatable bonds is 8. The van der Waals surface area contributed by atoms with Gasteiger partial charge in [-0.05, 0) is 24.6 Å². The Hall–Kier alpha value is -2.22. The van der Waals surface area contributed by atoms with Crippen molar-refractivity contribution in [2.45, 2.75) is 13.5 Å². The minimum atomic E-state index is -3.73. The van der Waals surface area contributed by atoms with Gasteiger partial charge in [0.05, 0.1) is 11.0 Å². The van der Waals surface area contributed by atoms with Gasteiger partial charge in [0.15, 0.2) is 0 Å². The molecule has 0 aliphatic carbocycles. The number of hydrogen-bond donors (Lipinski definition) is 0. The molecular formula is C13H16NO8P. The molecular weight excluding hydrogens is 329 g/mol. The Kier molecular flexibility index (Phi) is 6.89. The number of ether oxygens (including phenoxy) is 1. The highest BCUT2D eigenvalue weighted by Crippen LogP contribution is 2.49. The van der Waals surface area contributed by atoms with E-state index in [0.717, 1.165) is 20.3 Å². The van der Waals surface area contributed by atoms with Gasteiger partial charge in [-0.2, -0.15) is 0 Å². The van der Waals surface area contributed by atoms with Gasteiger partial charge in [0.25, 0.3) is 5.69 Å². The minimum Gasteiger partial charge on any atom is -0.458 e. The highest BCUT2D eigenvalue weighted by Gasteiger charge is 2.24. The summed E-state index contributed by atoms with van der Waals surface area (Å²) in [5.41, 5.74) is 0.523. The molecule has 1 aromatic carbocycles. The van der Waals surface area contributed by atoms with Gasteiger partial charge in [0.1, 0.15) is 12.4 Å². The monoisotopic (exact) mass is 345 g/mol. The van der Waals surface area contributed by atoms with Crippen LogP contribution in [0.1, 0.15) is 12.5 Å². The zero-order valence-corrected chi connectivity index (χ0v) is 13.6. The van der Waals surface area contributed by atoms with Gasteiger partial charge in [0.2, 0.25) is 0 Å². The summed E-state index contributed by atoms with van der Waals surface area (Å²) in [6.45, 7) is 1.31. The van der Waals surface area contributed by atoms with Gasteiger partial charge in [0, 0.05) is 26.4 Å². The summed E-state index contributed by atoms with van der Waals surface area (Å²) in [5, 5.41) is 10.5. The van der Waals surface area contributed by atoms with Gasteiger partial charge in [-0.1, -0.05) is 0 Å². The second-order valence-electron chi connectivity index (χ2n) is 4.19. The average molecular weight is 345 g/mol. The van der Waals surface area contributed by atoms with E-state index in [-0.39, 0.29) is 18.1 Å². The molecule has 1 aromatic rings. The number of nitro groups is 1. The predicted octanol–water partition coefficient (Wildman–Crippen LogP) is 2.96. The number of carbonyl (C=O) groups is 1. The molecule has 9 nitrogen and oxygen atoms in total. The molecule has 126 valence electrons. The van der Waals surface area contributed by atoms with Gasteiger partial charge in [-0.25, -0.2) is 9.36 Å². The van der Waals surface area contributed by atoms with Crippen molar-refractivity contribution in [2.24, 2.45) is 0 Å². The van der Waals surface area contributed by atoms with Crippen molar-refractivity contribution < 1.29 is 32.6 Å². The Morgan fingerprint density at radius 3 is 2.30 bits per heavy atom. The first-order valence-corrected chi connectivity index (χ1v) is 7.75. The SMILES string of the molecule is COP(=O)(OC)O/C(C)=C/C(=O)OCc1ccc([N+](=O)[O-])cc1. The zero-order valence-electron chi connectivity index (χ0n) is 12.8. The van der Waals surface area contributed by atoms with Crippen LogP contribution in [-0.2, 0) is 34.3 Å². The molecule has 23 heavy (non-hydrogen) atoms. The van der Waals surface area contributed by atoms with Crippen molar-refractivity contribution >= 4 is 19.5 Å². The molecule has 0 fully saturated rings. The molecule has 0 aliphatic heterocycles. The maximum Gasteiger partial charge on any atom is 0.529 e. The standard InChI is InChI=1S/C13H16NO8P/c1-10(22-23(18,19-2)20-3)8-13(15)21-9-11-4-6-12(7-5-11)14(16)17/h4-8H,9H2,1-3H3/b10-8+. The number of allylic oxidation sites excluding steroid dienone is 1. The lowest BCUT2D eigenvalue weighted by Gasteiger charge is -2.14. The maximum atomic E-state index is 11.7. The topological polar surface area (TPSA) is 114 Å². The Labute approximate surface area is 132 Å². The predicted molar refractivity (Wildman–Crippen MR) is 79.4 cm³/mol. The maximum absolute atomic E-state index is 11.7. The van der Waals surface area contributed by atoms with E-state index in [1.807, 2.05) is 0 Å². The number of carbonyl (C=O) groups excluding carboxylic acids is 1. The molecule has 1 rings (SSSR count). The molecule has 0 heterocycles. The molecule has 0 aromatic heterocycles. The molecule has 0 radical (unpaired) electrons.